The minimum absolute atomic E-state index is 0.659. The average Bonchev–Trinajstić information content (AvgIpc) is 2.45. The van der Waals surface area contributed by atoms with Gasteiger partial charge in [0.2, 0.25) is 0 Å². The lowest BCUT2D eigenvalue weighted by Crippen LogP contribution is -2.47. The molecule has 2 aliphatic rings. The topological polar surface area (TPSA) is 27.6 Å². The Bertz CT molecular complexity index is 487. The van der Waals surface area contributed by atoms with Gasteiger partial charge in [0.05, 0.1) is 0 Å². The van der Waals surface area contributed by atoms with Crippen molar-refractivity contribution in [2.45, 2.75) is 32.1 Å². The lowest BCUT2D eigenvalue weighted by molar-refractivity contribution is 0.273. The van der Waals surface area contributed by atoms with Gasteiger partial charge in [-0.1, -0.05) is 31.2 Å². The SMILES string of the molecule is CN=C(NCC1Cc2ccccc21)N1CCC(C)CC1. The number of nitrogens with zero attached hydrogens (tertiary/aromatic N) is 2. The Morgan fingerprint density at radius 1 is 1.30 bits per heavy atom. The molecule has 20 heavy (non-hydrogen) atoms. The van der Waals surface area contributed by atoms with Crippen LogP contribution in [0, 0.1) is 5.92 Å². The standard InChI is InChI=1S/C17H25N3/c1-13-7-9-20(10-8-13)17(18-2)19-12-15-11-14-5-3-4-6-16(14)15/h3-6,13,15H,7-12H2,1-2H3,(H,18,19). The molecule has 3 heteroatoms. The van der Waals surface area contributed by atoms with Gasteiger partial charge in [0, 0.05) is 32.6 Å². The summed E-state index contributed by atoms with van der Waals surface area (Å²) in [5.74, 6) is 2.61. The normalized spacial score (nSPS) is 23.2. The summed E-state index contributed by atoms with van der Waals surface area (Å²) in [6.45, 7) is 5.64. The van der Waals surface area contributed by atoms with Crippen LogP contribution in [0.3, 0.4) is 0 Å². The Labute approximate surface area is 122 Å². The predicted octanol–water partition coefficient (Wildman–Crippen LogP) is 2.63. The molecule has 0 radical (unpaired) electrons. The lowest BCUT2D eigenvalue weighted by Gasteiger charge is -2.35. The predicted molar refractivity (Wildman–Crippen MR) is 84.2 cm³/mol. The second kappa shape index (κ2) is 5.86. The summed E-state index contributed by atoms with van der Waals surface area (Å²) in [6, 6.07) is 8.78. The van der Waals surface area contributed by atoms with Crippen LogP contribution in [0.2, 0.25) is 0 Å². The number of nitrogens with one attached hydrogen (secondary N) is 1. The smallest absolute Gasteiger partial charge is 0.193 e. The summed E-state index contributed by atoms with van der Waals surface area (Å²) in [7, 11) is 1.90. The number of hydrogen-bond acceptors (Lipinski definition) is 1. The molecule has 3 nitrogen and oxygen atoms in total. The zero-order valence-electron chi connectivity index (χ0n) is 12.6. The van der Waals surface area contributed by atoms with E-state index in [9.17, 15) is 0 Å². The highest BCUT2D eigenvalue weighted by Gasteiger charge is 2.26. The van der Waals surface area contributed by atoms with Gasteiger partial charge in [-0.15, -0.1) is 0 Å². The van der Waals surface area contributed by atoms with E-state index in [1.165, 1.54) is 30.4 Å². The monoisotopic (exact) mass is 271 g/mol. The van der Waals surface area contributed by atoms with E-state index in [-0.39, 0.29) is 0 Å². The minimum Gasteiger partial charge on any atom is -0.356 e. The van der Waals surface area contributed by atoms with Crippen LogP contribution in [-0.2, 0) is 6.42 Å². The number of guanidine groups is 1. The first-order valence-electron chi connectivity index (χ1n) is 7.81. The second-order valence-electron chi connectivity index (χ2n) is 6.20. The highest BCUT2D eigenvalue weighted by atomic mass is 15.3. The first kappa shape index (κ1) is 13.5. The van der Waals surface area contributed by atoms with Crippen molar-refractivity contribution in [1.82, 2.24) is 10.2 Å². The Kier molecular flexibility index (Phi) is 3.95. The van der Waals surface area contributed by atoms with Gasteiger partial charge >= 0.3 is 0 Å². The van der Waals surface area contributed by atoms with Gasteiger partial charge in [0.1, 0.15) is 0 Å². The first-order chi connectivity index (χ1) is 9.78. The molecular weight excluding hydrogens is 246 g/mol. The van der Waals surface area contributed by atoms with Crippen LogP contribution in [0.25, 0.3) is 0 Å². The maximum absolute atomic E-state index is 4.45. The lowest BCUT2D eigenvalue weighted by atomic mass is 9.78. The van der Waals surface area contributed by atoms with E-state index in [1.54, 1.807) is 0 Å². The third-order valence-corrected chi connectivity index (χ3v) is 4.76. The number of fused-ring (bicyclic) bond motifs is 1. The molecule has 1 aliphatic heterocycles. The van der Waals surface area contributed by atoms with Gasteiger partial charge in [-0.3, -0.25) is 4.99 Å². The molecule has 1 saturated heterocycles. The number of rotatable bonds is 2. The molecule has 0 aromatic heterocycles. The van der Waals surface area contributed by atoms with E-state index in [2.05, 4.69) is 46.4 Å². The average molecular weight is 271 g/mol. The minimum atomic E-state index is 0.659. The molecule has 1 aliphatic carbocycles. The Hall–Kier alpha value is -1.51. The first-order valence-corrected chi connectivity index (χ1v) is 7.81. The molecule has 108 valence electrons. The maximum atomic E-state index is 4.45. The second-order valence-corrected chi connectivity index (χ2v) is 6.20. The van der Waals surface area contributed by atoms with E-state index >= 15 is 0 Å². The summed E-state index contributed by atoms with van der Waals surface area (Å²) < 4.78 is 0. The molecule has 0 bridgehead atoms. The fraction of sp³-hybridized carbons (Fsp3) is 0.588. The molecule has 1 fully saturated rings. The molecule has 0 spiro atoms. The molecule has 3 rings (SSSR count). The zero-order chi connectivity index (χ0) is 13.9. The van der Waals surface area contributed by atoms with Crippen LogP contribution in [0.4, 0.5) is 0 Å². The van der Waals surface area contributed by atoms with E-state index in [0.717, 1.165) is 31.5 Å². The zero-order valence-corrected chi connectivity index (χ0v) is 12.6. The van der Waals surface area contributed by atoms with E-state index < -0.39 is 0 Å². The fourth-order valence-electron chi connectivity index (χ4n) is 3.31. The van der Waals surface area contributed by atoms with Crippen molar-refractivity contribution in [3.05, 3.63) is 35.4 Å². The number of aliphatic imine (C=N–C) groups is 1. The van der Waals surface area contributed by atoms with Crippen LogP contribution < -0.4 is 5.32 Å². The molecular formula is C17H25N3. The largest absolute Gasteiger partial charge is 0.356 e. The third-order valence-electron chi connectivity index (χ3n) is 4.76. The van der Waals surface area contributed by atoms with Crippen molar-refractivity contribution in [2.24, 2.45) is 10.9 Å². The molecule has 0 amide bonds. The third kappa shape index (κ3) is 2.67. The van der Waals surface area contributed by atoms with Crippen LogP contribution in [-0.4, -0.2) is 37.5 Å². The molecule has 1 atom stereocenters. The highest BCUT2D eigenvalue weighted by Crippen LogP contribution is 2.34. The van der Waals surface area contributed by atoms with Crippen molar-refractivity contribution in [2.75, 3.05) is 26.7 Å². The summed E-state index contributed by atoms with van der Waals surface area (Å²) in [6.07, 6.45) is 3.77. The van der Waals surface area contributed by atoms with Crippen LogP contribution in [0.5, 0.6) is 0 Å². The molecule has 1 heterocycles. The van der Waals surface area contributed by atoms with Gasteiger partial charge in [-0.25, -0.2) is 0 Å². The number of likely N-dealkylation sites (tertiary alicyclic amines) is 1. The quantitative estimate of drug-likeness (QED) is 0.661. The van der Waals surface area contributed by atoms with Gasteiger partial charge in [-0.05, 0) is 36.3 Å². The summed E-state index contributed by atoms with van der Waals surface area (Å²) in [4.78, 5) is 6.86. The number of piperidine rings is 1. The van der Waals surface area contributed by atoms with Crippen LogP contribution in [0.15, 0.2) is 29.3 Å². The van der Waals surface area contributed by atoms with Crippen LogP contribution in [0.1, 0.15) is 36.8 Å². The Morgan fingerprint density at radius 3 is 2.75 bits per heavy atom. The number of benzene rings is 1. The molecule has 1 unspecified atom stereocenters. The molecule has 1 aromatic rings. The van der Waals surface area contributed by atoms with Gasteiger partial charge in [-0.2, -0.15) is 0 Å². The number of hydrogen-bond donors (Lipinski definition) is 1. The van der Waals surface area contributed by atoms with Crippen molar-refractivity contribution >= 4 is 5.96 Å². The Morgan fingerprint density at radius 2 is 2.05 bits per heavy atom. The van der Waals surface area contributed by atoms with Crippen molar-refractivity contribution < 1.29 is 0 Å². The van der Waals surface area contributed by atoms with Gasteiger partial charge in [0.25, 0.3) is 0 Å². The molecule has 1 N–H and O–H groups in total. The highest BCUT2D eigenvalue weighted by molar-refractivity contribution is 5.80. The molecule has 0 saturated carbocycles. The van der Waals surface area contributed by atoms with Crippen molar-refractivity contribution in [3.63, 3.8) is 0 Å². The summed E-state index contributed by atoms with van der Waals surface area (Å²) >= 11 is 0. The van der Waals surface area contributed by atoms with Gasteiger partial charge in [0.15, 0.2) is 5.96 Å². The van der Waals surface area contributed by atoms with Gasteiger partial charge < -0.3 is 10.2 Å². The van der Waals surface area contributed by atoms with Crippen LogP contribution >= 0.6 is 0 Å². The van der Waals surface area contributed by atoms with E-state index in [1.807, 2.05) is 7.05 Å². The summed E-state index contributed by atoms with van der Waals surface area (Å²) in [5, 5.41) is 3.57. The maximum Gasteiger partial charge on any atom is 0.193 e. The molecule has 1 aromatic carbocycles. The summed E-state index contributed by atoms with van der Waals surface area (Å²) in [5.41, 5.74) is 3.03. The van der Waals surface area contributed by atoms with E-state index in [0.29, 0.717) is 5.92 Å². The van der Waals surface area contributed by atoms with E-state index in [4.69, 9.17) is 0 Å². The fourth-order valence-corrected chi connectivity index (χ4v) is 3.31. The Balaban J connectivity index is 1.53. The van der Waals surface area contributed by atoms with Crippen molar-refractivity contribution in [1.29, 1.82) is 0 Å². The van der Waals surface area contributed by atoms with Crippen molar-refractivity contribution in [3.8, 4) is 0 Å².